The molecule has 2 N–H and O–H groups in total. The second-order valence-corrected chi connectivity index (χ2v) is 5.99. The van der Waals surface area contributed by atoms with Crippen molar-refractivity contribution in [3.8, 4) is 5.75 Å². The molecule has 5 heteroatoms. The van der Waals surface area contributed by atoms with Gasteiger partial charge in [-0.3, -0.25) is 0 Å². The van der Waals surface area contributed by atoms with Crippen molar-refractivity contribution in [3.63, 3.8) is 0 Å². The first kappa shape index (κ1) is 14.6. The van der Waals surface area contributed by atoms with Crippen LogP contribution < -0.4 is 4.90 Å². The van der Waals surface area contributed by atoms with Crippen LogP contribution in [0.5, 0.6) is 5.75 Å². The van der Waals surface area contributed by atoms with Crippen LogP contribution in [0.1, 0.15) is 0 Å². The molecule has 110 valence electrons. The van der Waals surface area contributed by atoms with Crippen LogP contribution in [-0.4, -0.2) is 16.3 Å². The molecule has 4 nitrogen and oxygen atoms in total. The molecule has 0 aliphatic heterocycles. The summed E-state index contributed by atoms with van der Waals surface area (Å²) in [5.74, 6) is -0.0698. The highest BCUT2D eigenvalue weighted by Crippen LogP contribution is 2.39. The molecule has 0 saturated carbocycles. The highest BCUT2D eigenvalue weighted by Gasteiger charge is 2.22. The van der Waals surface area contributed by atoms with Crippen molar-refractivity contribution in [2.75, 3.05) is 4.90 Å². The number of phenols is 1. The van der Waals surface area contributed by atoms with Crippen LogP contribution in [0.3, 0.4) is 0 Å². The standard InChI is InChI=1S/C17H12INO3/c18-12-6-8-13(9-7-12)19(17(21)22)16-14-4-2-1-3-11(14)5-10-15(16)20/h1-10,20H,(H,21,22). The van der Waals surface area contributed by atoms with Crippen LogP contribution in [-0.2, 0) is 0 Å². The van der Waals surface area contributed by atoms with Gasteiger partial charge in [-0.15, -0.1) is 0 Å². The van der Waals surface area contributed by atoms with Crippen LogP contribution in [0.2, 0.25) is 0 Å². The number of hydrogen-bond acceptors (Lipinski definition) is 2. The van der Waals surface area contributed by atoms with Gasteiger partial charge in [0.1, 0.15) is 11.4 Å². The summed E-state index contributed by atoms with van der Waals surface area (Å²) < 4.78 is 1.01. The molecule has 0 saturated heterocycles. The molecule has 0 fully saturated rings. The Morgan fingerprint density at radius 3 is 2.32 bits per heavy atom. The maximum absolute atomic E-state index is 11.8. The van der Waals surface area contributed by atoms with Gasteiger partial charge in [-0.25, -0.2) is 9.69 Å². The van der Waals surface area contributed by atoms with Crippen molar-refractivity contribution in [1.29, 1.82) is 0 Å². The number of phenolic OH excluding ortho intramolecular Hbond substituents is 1. The summed E-state index contributed by atoms with van der Waals surface area (Å²) >= 11 is 2.16. The molecule has 3 aromatic rings. The average Bonchev–Trinajstić information content (AvgIpc) is 2.51. The van der Waals surface area contributed by atoms with Gasteiger partial charge in [0.05, 0.1) is 5.69 Å². The Labute approximate surface area is 140 Å². The Morgan fingerprint density at radius 2 is 1.64 bits per heavy atom. The van der Waals surface area contributed by atoms with Crippen molar-refractivity contribution >= 4 is 50.8 Å². The van der Waals surface area contributed by atoms with Crippen molar-refractivity contribution in [1.82, 2.24) is 0 Å². The Hall–Kier alpha value is -2.28. The van der Waals surface area contributed by atoms with E-state index in [0.29, 0.717) is 11.1 Å². The number of carboxylic acid groups (broad SMARTS) is 1. The van der Waals surface area contributed by atoms with Gasteiger partial charge < -0.3 is 10.2 Å². The van der Waals surface area contributed by atoms with Gasteiger partial charge in [-0.05, 0) is 58.3 Å². The fourth-order valence-electron chi connectivity index (χ4n) is 2.40. The molecule has 0 bridgehead atoms. The molecule has 0 aliphatic rings. The number of aromatic hydroxyl groups is 1. The molecule has 1 amide bonds. The largest absolute Gasteiger partial charge is 0.506 e. The van der Waals surface area contributed by atoms with Gasteiger partial charge in [0.2, 0.25) is 0 Å². The van der Waals surface area contributed by atoms with Crippen LogP contribution in [0.4, 0.5) is 16.2 Å². The van der Waals surface area contributed by atoms with Crippen LogP contribution in [0.25, 0.3) is 10.8 Å². The van der Waals surface area contributed by atoms with Crippen molar-refractivity contribution < 1.29 is 15.0 Å². The van der Waals surface area contributed by atoms with Gasteiger partial charge in [0.25, 0.3) is 0 Å². The number of nitrogens with zero attached hydrogens (tertiary/aromatic N) is 1. The quantitative estimate of drug-likeness (QED) is 0.593. The Kier molecular flexibility index (Phi) is 3.89. The average molecular weight is 405 g/mol. The lowest BCUT2D eigenvalue weighted by molar-refractivity contribution is 0.204. The first-order valence-corrected chi connectivity index (χ1v) is 7.65. The molecule has 0 atom stereocenters. The highest BCUT2D eigenvalue weighted by atomic mass is 127. The molecule has 0 aromatic heterocycles. The summed E-state index contributed by atoms with van der Waals surface area (Å²) in [4.78, 5) is 12.9. The first-order valence-electron chi connectivity index (χ1n) is 6.57. The Bertz CT molecular complexity index is 846. The van der Waals surface area contributed by atoms with E-state index in [9.17, 15) is 15.0 Å². The van der Waals surface area contributed by atoms with E-state index in [1.807, 2.05) is 30.3 Å². The second kappa shape index (κ2) is 5.84. The van der Waals surface area contributed by atoms with E-state index in [1.54, 1.807) is 24.3 Å². The molecular weight excluding hydrogens is 393 g/mol. The number of carbonyl (C=O) groups is 1. The molecule has 0 heterocycles. The van der Waals surface area contributed by atoms with E-state index in [2.05, 4.69) is 22.6 Å². The maximum atomic E-state index is 11.8. The third-order valence-corrected chi connectivity index (χ3v) is 4.10. The molecule has 0 aliphatic carbocycles. The molecule has 0 spiro atoms. The van der Waals surface area contributed by atoms with Crippen LogP contribution in [0.15, 0.2) is 60.7 Å². The molecule has 0 unspecified atom stereocenters. The van der Waals surface area contributed by atoms with Crippen LogP contribution >= 0.6 is 22.6 Å². The minimum Gasteiger partial charge on any atom is -0.506 e. The van der Waals surface area contributed by atoms with Crippen molar-refractivity contribution in [3.05, 3.63) is 64.2 Å². The smallest absolute Gasteiger partial charge is 0.416 e. The van der Waals surface area contributed by atoms with Gasteiger partial charge in [-0.1, -0.05) is 30.3 Å². The summed E-state index contributed by atoms with van der Waals surface area (Å²) in [6.07, 6.45) is -1.15. The number of halogens is 1. The number of benzene rings is 3. The van der Waals surface area contributed by atoms with Gasteiger partial charge in [0, 0.05) is 8.96 Å². The van der Waals surface area contributed by atoms with E-state index in [4.69, 9.17) is 0 Å². The Morgan fingerprint density at radius 1 is 0.955 bits per heavy atom. The highest BCUT2D eigenvalue weighted by molar-refractivity contribution is 14.1. The molecule has 3 rings (SSSR count). The number of fused-ring (bicyclic) bond motifs is 1. The summed E-state index contributed by atoms with van der Waals surface area (Å²) in [5, 5.41) is 21.4. The van der Waals surface area contributed by atoms with E-state index in [1.165, 1.54) is 6.07 Å². The van der Waals surface area contributed by atoms with Gasteiger partial charge in [-0.2, -0.15) is 0 Å². The number of hydrogen-bond donors (Lipinski definition) is 2. The molecule has 22 heavy (non-hydrogen) atoms. The molecule has 0 radical (unpaired) electrons. The zero-order valence-electron chi connectivity index (χ0n) is 11.4. The topological polar surface area (TPSA) is 60.8 Å². The molecular formula is C17H12INO3. The third kappa shape index (κ3) is 2.59. The fourth-order valence-corrected chi connectivity index (χ4v) is 2.76. The predicted molar refractivity (Wildman–Crippen MR) is 94.9 cm³/mol. The number of anilines is 2. The SMILES string of the molecule is O=C(O)N(c1ccc(I)cc1)c1c(O)ccc2ccccc12. The predicted octanol–water partition coefficient (Wildman–Crippen LogP) is 4.97. The van der Waals surface area contributed by atoms with E-state index in [0.717, 1.165) is 13.9 Å². The number of rotatable bonds is 2. The first-order chi connectivity index (χ1) is 10.6. The second-order valence-electron chi connectivity index (χ2n) is 4.75. The lowest BCUT2D eigenvalue weighted by atomic mass is 10.1. The fraction of sp³-hybridized carbons (Fsp3) is 0. The monoisotopic (exact) mass is 405 g/mol. The third-order valence-electron chi connectivity index (χ3n) is 3.38. The minimum absolute atomic E-state index is 0.0698. The van der Waals surface area contributed by atoms with Crippen molar-refractivity contribution in [2.24, 2.45) is 0 Å². The van der Waals surface area contributed by atoms with E-state index < -0.39 is 6.09 Å². The lowest BCUT2D eigenvalue weighted by Crippen LogP contribution is -2.24. The van der Waals surface area contributed by atoms with Crippen LogP contribution in [0, 0.1) is 3.57 Å². The molecule has 3 aromatic carbocycles. The zero-order chi connectivity index (χ0) is 15.7. The minimum atomic E-state index is -1.15. The summed E-state index contributed by atoms with van der Waals surface area (Å²) in [6, 6.07) is 17.7. The summed E-state index contributed by atoms with van der Waals surface area (Å²) in [5.41, 5.74) is 0.756. The lowest BCUT2D eigenvalue weighted by Gasteiger charge is -2.22. The zero-order valence-corrected chi connectivity index (χ0v) is 13.6. The maximum Gasteiger partial charge on any atom is 0.416 e. The van der Waals surface area contributed by atoms with E-state index in [-0.39, 0.29) is 11.4 Å². The number of amides is 1. The normalized spacial score (nSPS) is 10.6. The van der Waals surface area contributed by atoms with Gasteiger partial charge in [0.15, 0.2) is 0 Å². The summed E-state index contributed by atoms with van der Waals surface area (Å²) in [7, 11) is 0. The van der Waals surface area contributed by atoms with E-state index >= 15 is 0 Å². The van der Waals surface area contributed by atoms with Crippen molar-refractivity contribution in [2.45, 2.75) is 0 Å². The Balaban J connectivity index is 2.27. The summed E-state index contributed by atoms with van der Waals surface area (Å²) in [6.45, 7) is 0. The van der Waals surface area contributed by atoms with Gasteiger partial charge >= 0.3 is 6.09 Å².